The van der Waals surface area contributed by atoms with Gasteiger partial charge in [-0.05, 0) is 11.6 Å². The van der Waals surface area contributed by atoms with Crippen LogP contribution in [0.15, 0.2) is 24.3 Å². The lowest BCUT2D eigenvalue weighted by Gasteiger charge is -2.30. The number of nitrogens with two attached hydrogens (primary N) is 1. The molecule has 1 unspecified atom stereocenters. The molecule has 1 aromatic rings. The first-order valence-electron chi connectivity index (χ1n) is 5.11. The third-order valence-electron chi connectivity index (χ3n) is 3.50. The van der Waals surface area contributed by atoms with Crippen molar-refractivity contribution in [2.24, 2.45) is 5.73 Å². The number of fused-ring (bicyclic) bond motifs is 1. The lowest BCUT2D eigenvalue weighted by molar-refractivity contribution is 0.434. The predicted octanol–water partition coefficient (Wildman–Crippen LogP) is 1.74. The predicted molar refractivity (Wildman–Crippen MR) is 60.7 cm³/mol. The number of rotatable bonds is 1. The van der Waals surface area contributed by atoms with Crippen molar-refractivity contribution < 1.29 is 0 Å². The Morgan fingerprint density at radius 3 is 2.57 bits per heavy atom. The van der Waals surface area contributed by atoms with Gasteiger partial charge in [0, 0.05) is 24.7 Å². The van der Waals surface area contributed by atoms with E-state index in [0.717, 1.165) is 0 Å². The molecule has 2 nitrogen and oxygen atoms in total. The second kappa shape index (κ2) is 2.99. The Bertz CT molecular complexity index is 344. The first-order chi connectivity index (χ1) is 6.59. The van der Waals surface area contributed by atoms with E-state index >= 15 is 0 Å². The summed E-state index contributed by atoms with van der Waals surface area (Å²) in [5.74, 6) is 0. The van der Waals surface area contributed by atoms with Crippen LogP contribution in [0.5, 0.6) is 0 Å². The molecular weight excluding hydrogens is 172 g/mol. The van der Waals surface area contributed by atoms with Crippen LogP contribution in [0.25, 0.3) is 0 Å². The van der Waals surface area contributed by atoms with Crippen molar-refractivity contribution in [1.29, 1.82) is 0 Å². The van der Waals surface area contributed by atoms with Gasteiger partial charge in [0.25, 0.3) is 0 Å². The Kier molecular flexibility index (Phi) is 2.04. The van der Waals surface area contributed by atoms with Gasteiger partial charge in [0.2, 0.25) is 0 Å². The van der Waals surface area contributed by atoms with E-state index < -0.39 is 0 Å². The van der Waals surface area contributed by atoms with E-state index in [-0.39, 0.29) is 5.41 Å². The molecule has 1 aliphatic rings. The molecular formula is C12H18N2. The van der Waals surface area contributed by atoms with E-state index in [1.165, 1.54) is 11.3 Å². The number of likely N-dealkylation sites (N-methyl/N-ethyl adjacent to an activating group) is 1. The van der Waals surface area contributed by atoms with E-state index in [0.29, 0.717) is 12.6 Å². The summed E-state index contributed by atoms with van der Waals surface area (Å²) in [4.78, 5) is 2.30. The summed E-state index contributed by atoms with van der Waals surface area (Å²) in [7, 11) is 2.13. The molecule has 2 N–H and O–H groups in total. The summed E-state index contributed by atoms with van der Waals surface area (Å²) >= 11 is 0. The first kappa shape index (κ1) is 9.53. The first-order valence-corrected chi connectivity index (χ1v) is 5.11. The molecule has 2 rings (SSSR count). The summed E-state index contributed by atoms with van der Waals surface area (Å²) < 4.78 is 0. The Morgan fingerprint density at radius 2 is 2.00 bits per heavy atom. The highest BCUT2D eigenvalue weighted by molar-refractivity contribution is 5.63. The third-order valence-corrected chi connectivity index (χ3v) is 3.50. The molecule has 0 aromatic heterocycles. The molecule has 0 radical (unpaired) electrons. The maximum atomic E-state index is 5.84. The zero-order chi connectivity index (χ0) is 10.3. The highest BCUT2D eigenvalue weighted by Gasteiger charge is 2.41. The molecule has 0 saturated carbocycles. The number of nitrogens with zero attached hydrogens (tertiary/aromatic N) is 1. The van der Waals surface area contributed by atoms with Crippen LogP contribution in [-0.2, 0) is 5.41 Å². The lowest BCUT2D eigenvalue weighted by Crippen LogP contribution is -2.44. The van der Waals surface area contributed by atoms with Crippen LogP contribution >= 0.6 is 0 Å². The number of anilines is 1. The van der Waals surface area contributed by atoms with Crippen molar-refractivity contribution in [3.63, 3.8) is 0 Å². The van der Waals surface area contributed by atoms with Crippen molar-refractivity contribution >= 4 is 5.69 Å². The fourth-order valence-corrected chi connectivity index (χ4v) is 2.61. The van der Waals surface area contributed by atoms with E-state index in [4.69, 9.17) is 5.73 Å². The number of hydrogen-bond donors (Lipinski definition) is 1. The molecule has 2 heteroatoms. The van der Waals surface area contributed by atoms with Crippen LogP contribution in [0, 0.1) is 0 Å². The number of hydrogen-bond acceptors (Lipinski definition) is 2. The van der Waals surface area contributed by atoms with Crippen LogP contribution in [0.1, 0.15) is 19.4 Å². The maximum absolute atomic E-state index is 5.84. The molecule has 0 amide bonds. The highest BCUT2D eigenvalue weighted by Crippen LogP contribution is 2.43. The SMILES string of the molecule is CN1c2ccccc2C(C)(C)C1CN. The van der Waals surface area contributed by atoms with Gasteiger partial charge in [-0.15, -0.1) is 0 Å². The van der Waals surface area contributed by atoms with Gasteiger partial charge in [0.15, 0.2) is 0 Å². The average molecular weight is 190 g/mol. The number of benzene rings is 1. The van der Waals surface area contributed by atoms with Crippen molar-refractivity contribution in [2.45, 2.75) is 25.3 Å². The van der Waals surface area contributed by atoms with Crippen molar-refractivity contribution in [3.8, 4) is 0 Å². The molecule has 0 aliphatic carbocycles. The smallest absolute Gasteiger partial charge is 0.0501 e. The van der Waals surface area contributed by atoms with Gasteiger partial charge in [-0.25, -0.2) is 0 Å². The van der Waals surface area contributed by atoms with Gasteiger partial charge in [-0.2, -0.15) is 0 Å². The molecule has 1 aliphatic heterocycles. The van der Waals surface area contributed by atoms with Gasteiger partial charge in [-0.3, -0.25) is 0 Å². The van der Waals surface area contributed by atoms with E-state index in [9.17, 15) is 0 Å². The minimum absolute atomic E-state index is 0.167. The summed E-state index contributed by atoms with van der Waals surface area (Å²) in [6, 6.07) is 8.99. The highest BCUT2D eigenvalue weighted by atomic mass is 15.2. The second-order valence-corrected chi connectivity index (χ2v) is 4.60. The van der Waals surface area contributed by atoms with Gasteiger partial charge in [-0.1, -0.05) is 32.0 Å². The fraction of sp³-hybridized carbons (Fsp3) is 0.500. The minimum atomic E-state index is 0.167. The van der Waals surface area contributed by atoms with Crippen LogP contribution in [0.3, 0.4) is 0 Å². The molecule has 14 heavy (non-hydrogen) atoms. The Morgan fingerprint density at radius 1 is 1.36 bits per heavy atom. The molecule has 0 bridgehead atoms. The van der Waals surface area contributed by atoms with Crippen LogP contribution in [-0.4, -0.2) is 19.6 Å². The van der Waals surface area contributed by atoms with Crippen LogP contribution in [0.4, 0.5) is 5.69 Å². The molecule has 76 valence electrons. The molecule has 0 fully saturated rings. The second-order valence-electron chi connectivity index (χ2n) is 4.60. The zero-order valence-electron chi connectivity index (χ0n) is 9.12. The topological polar surface area (TPSA) is 29.3 Å². The lowest BCUT2D eigenvalue weighted by atomic mass is 9.80. The Balaban J connectivity index is 2.55. The van der Waals surface area contributed by atoms with Gasteiger partial charge in [0.1, 0.15) is 0 Å². The fourth-order valence-electron chi connectivity index (χ4n) is 2.61. The normalized spacial score (nSPS) is 23.7. The molecule has 1 atom stereocenters. The molecule has 0 spiro atoms. The monoisotopic (exact) mass is 190 g/mol. The molecule has 0 saturated heterocycles. The van der Waals surface area contributed by atoms with Crippen LogP contribution < -0.4 is 10.6 Å². The van der Waals surface area contributed by atoms with E-state index in [1.807, 2.05) is 0 Å². The Labute approximate surface area is 85.7 Å². The standard InChI is InChI=1S/C12H18N2/c1-12(2)9-6-4-5-7-10(9)14(3)11(12)8-13/h4-7,11H,8,13H2,1-3H3. The van der Waals surface area contributed by atoms with Crippen molar-refractivity contribution in [1.82, 2.24) is 0 Å². The zero-order valence-corrected chi connectivity index (χ0v) is 9.12. The van der Waals surface area contributed by atoms with Gasteiger partial charge in [0.05, 0.1) is 6.04 Å². The van der Waals surface area contributed by atoms with Crippen molar-refractivity contribution in [3.05, 3.63) is 29.8 Å². The van der Waals surface area contributed by atoms with E-state index in [1.54, 1.807) is 0 Å². The average Bonchev–Trinajstić information content (AvgIpc) is 2.36. The van der Waals surface area contributed by atoms with Crippen molar-refractivity contribution in [2.75, 3.05) is 18.5 Å². The summed E-state index contributed by atoms with van der Waals surface area (Å²) in [6.45, 7) is 5.25. The maximum Gasteiger partial charge on any atom is 0.0501 e. The van der Waals surface area contributed by atoms with Gasteiger partial charge >= 0.3 is 0 Å². The summed E-state index contributed by atoms with van der Waals surface area (Å²) in [6.07, 6.45) is 0. The quantitative estimate of drug-likeness (QED) is 0.731. The van der Waals surface area contributed by atoms with Crippen LogP contribution in [0.2, 0.25) is 0 Å². The Hall–Kier alpha value is -1.02. The number of para-hydroxylation sites is 1. The summed E-state index contributed by atoms with van der Waals surface area (Å²) in [5, 5.41) is 0. The largest absolute Gasteiger partial charge is 0.369 e. The minimum Gasteiger partial charge on any atom is -0.369 e. The molecule has 1 aromatic carbocycles. The van der Waals surface area contributed by atoms with E-state index in [2.05, 4.69) is 50.1 Å². The van der Waals surface area contributed by atoms with Gasteiger partial charge < -0.3 is 10.6 Å². The summed E-state index contributed by atoms with van der Waals surface area (Å²) in [5.41, 5.74) is 8.75. The molecule has 1 heterocycles. The third kappa shape index (κ3) is 1.07.